The van der Waals surface area contributed by atoms with Gasteiger partial charge in [0.05, 0.1) is 12.2 Å². The summed E-state index contributed by atoms with van der Waals surface area (Å²) in [4.78, 5) is 3.65. The number of aliphatic hydroxyl groups is 1. The van der Waals surface area contributed by atoms with Crippen molar-refractivity contribution in [1.82, 2.24) is 4.98 Å². The van der Waals surface area contributed by atoms with Gasteiger partial charge >= 0.3 is 0 Å². The molecule has 74 valence electrons. The van der Waals surface area contributed by atoms with E-state index in [1.807, 2.05) is 0 Å². The van der Waals surface area contributed by atoms with E-state index in [1.165, 1.54) is 0 Å². The highest BCUT2D eigenvalue weighted by Gasteiger charge is 2.18. The number of aliphatic hydroxyl groups excluding tert-OH is 1. The summed E-state index contributed by atoms with van der Waals surface area (Å²) in [6, 6.07) is 1.75. The van der Waals surface area contributed by atoms with E-state index in [0.717, 1.165) is 6.20 Å². The van der Waals surface area contributed by atoms with Gasteiger partial charge in [0.25, 0.3) is 6.43 Å². The fourth-order valence-corrected chi connectivity index (χ4v) is 1.59. The fraction of sp³-hybridized carbons (Fsp3) is 0.250. The molecule has 6 heteroatoms. The molecule has 1 aromatic rings. The van der Waals surface area contributed by atoms with Crippen LogP contribution in [0.25, 0.3) is 0 Å². The maximum absolute atomic E-state index is 12.4. The van der Waals surface area contributed by atoms with Crippen LogP contribution >= 0.6 is 22.6 Å². The van der Waals surface area contributed by atoms with Crippen molar-refractivity contribution in [1.29, 1.82) is 5.26 Å². The third kappa shape index (κ3) is 1.99. The van der Waals surface area contributed by atoms with Gasteiger partial charge in [-0.15, -0.1) is 0 Å². The summed E-state index contributed by atoms with van der Waals surface area (Å²) in [6.45, 7) is -0.582. The molecule has 0 spiro atoms. The third-order valence-electron chi connectivity index (χ3n) is 1.68. The first-order valence-electron chi connectivity index (χ1n) is 3.58. The molecule has 1 N–H and O–H groups in total. The number of pyridine rings is 1. The zero-order valence-corrected chi connectivity index (χ0v) is 8.99. The molecular weight excluding hydrogens is 305 g/mol. The van der Waals surface area contributed by atoms with Gasteiger partial charge in [-0.1, -0.05) is 0 Å². The smallest absolute Gasteiger partial charge is 0.265 e. The molecule has 0 amide bonds. The Labute approximate surface area is 92.5 Å². The van der Waals surface area contributed by atoms with E-state index in [9.17, 15) is 8.78 Å². The molecule has 0 saturated heterocycles. The highest BCUT2D eigenvalue weighted by molar-refractivity contribution is 14.1. The van der Waals surface area contributed by atoms with Gasteiger partial charge in [0.2, 0.25) is 0 Å². The second kappa shape index (κ2) is 4.61. The van der Waals surface area contributed by atoms with Gasteiger partial charge in [0.15, 0.2) is 0 Å². The first kappa shape index (κ1) is 11.3. The Bertz CT molecular complexity index is 390. The lowest BCUT2D eigenvalue weighted by Crippen LogP contribution is -2.03. The SMILES string of the molecule is N#Cc1c(I)ncc(C(F)F)c1CO. The summed E-state index contributed by atoms with van der Waals surface area (Å²) in [5, 5.41) is 17.6. The predicted molar refractivity (Wildman–Crippen MR) is 52.5 cm³/mol. The summed E-state index contributed by atoms with van der Waals surface area (Å²) in [5.41, 5.74) is -0.405. The molecular formula is C8H5F2IN2O. The molecule has 0 aliphatic heterocycles. The van der Waals surface area contributed by atoms with Crippen LogP contribution in [0.5, 0.6) is 0 Å². The van der Waals surface area contributed by atoms with Gasteiger partial charge in [-0.3, -0.25) is 0 Å². The van der Waals surface area contributed by atoms with E-state index in [2.05, 4.69) is 4.98 Å². The molecule has 0 aliphatic carbocycles. The minimum absolute atomic E-state index is 0.0194. The third-order valence-corrected chi connectivity index (χ3v) is 2.50. The van der Waals surface area contributed by atoms with E-state index in [0.29, 0.717) is 3.70 Å². The monoisotopic (exact) mass is 310 g/mol. The number of nitriles is 1. The molecule has 0 saturated carbocycles. The van der Waals surface area contributed by atoms with Crippen molar-refractivity contribution in [3.05, 3.63) is 26.6 Å². The van der Waals surface area contributed by atoms with E-state index < -0.39 is 13.0 Å². The van der Waals surface area contributed by atoms with Crippen LogP contribution in [0.2, 0.25) is 0 Å². The first-order chi connectivity index (χ1) is 6.61. The van der Waals surface area contributed by atoms with Gasteiger partial charge in [-0.25, -0.2) is 13.8 Å². The quantitative estimate of drug-likeness (QED) is 0.671. The second-order valence-corrected chi connectivity index (χ2v) is 3.45. The lowest BCUT2D eigenvalue weighted by molar-refractivity contribution is 0.146. The van der Waals surface area contributed by atoms with Crippen LogP contribution in [0.1, 0.15) is 23.1 Å². The van der Waals surface area contributed by atoms with E-state index >= 15 is 0 Å². The van der Waals surface area contributed by atoms with Gasteiger partial charge in [0.1, 0.15) is 9.77 Å². The van der Waals surface area contributed by atoms with Crippen molar-refractivity contribution in [2.24, 2.45) is 0 Å². The molecule has 1 heterocycles. The van der Waals surface area contributed by atoms with Crippen LogP contribution < -0.4 is 0 Å². The highest BCUT2D eigenvalue weighted by Crippen LogP contribution is 2.26. The highest BCUT2D eigenvalue weighted by atomic mass is 127. The van der Waals surface area contributed by atoms with Crippen LogP contribution in [0.3, 0.4) is 0 Å². The Morgan fingerprint density at radius 2 is 2.29 bits per heavy atom. The number of nitrogens with zero attached hydrogens (tertiary/aromatic N) is 2. The van der Waals surface area contributed by atoms with Crippen LogP contribution in [-0.2, 0) is 6.61 Å². The predicted octanol–water partition coefficient (Wildman–Crippen LogP) is 1.99. The van der Waals surface area contributed by atoms with Crippen molar-refractivity contribution in [3.63, 3.8) is 0 Å². The Morgan fingerprint density at radius 1 is 1.64 bits per heavy atom. The summed E-state index contributed by atoms with van der Waals surface area (Å²) >= 11 is 1.76. The number of aromatic nitrogens is 1. The Morgan fingerprint density at radius 3 is 2.71 bits per heavy atom. The van der Waals surface area contributed by atoms with Crippen molar-refractivity contribution in [2.75, 3.05) is 0 Å². The molecule has 0 fully saturated rings. The molecule has 1 aromatic heterocycles. The Kier molecular flexibility index (Phi) is 3.71. The van der Waals surface area contributed by atoms with Crippen LogP contribution in [0, 0.1) is 15.0 Å². The van der Waals surface area contributed by atoms with Crippen LogP contribution in [0.4, 0.5) is 8.78 Å². The lowest BCUT2D eigenvalue weighted by atomic mass is 10.1. The average molecular weight is 310 g/mol. The Hall–Kier alpha value is -0.810. The molecule has 3 nitrogen and oxygen atoms in total. The molecule has 0 radical (unpaired) electrons. The van der Waals surface area contributed by atoms with E-state index in [4.69, 9.17) is 10.4 Å². The van der Waals surface area contributed by atoms with Gasteiger partial charge in [0, 0.05) is 17.3 Å². The maximum Gasteiger partial charge on any atom is 0.265 e. The van der Waals surface area contributed by atoms with Crippen LogP contribution in [-0.4, -0.2) is 10.1 Å². The van der Waals surface area contributed by atoms with Crippen molar-refractivity contribution in [3.8, 4) is 6.07 Å². The number of halogens is 3. The molecule has 1 rings (SSSR count). The minimum atomic E-state index is -2.73. The molecule has 0 aliphatic rings. The molecule has 14 heavy (non-hydrogen) atoms. The maximum atomic E-state index is 12.4. The zero-order valence-electron chi connectivity index (χ0n) is 6.84. The summed E-state index contributed by atoms with van der Waals surface area (Å²) in [6.07, 6.45) is -1.74. The number of hydrogen-bond acceptors (Lipinski definition) is 3. The van der Waals surface area contributed by atoms with Crippen molar-refractivity contribution < 1.29 is 13.9 Å². The summed E-state index contributed by atoms with van der Waals surface area (Å²) in [7, 11) is 0. The zero-order chi connectivity index (χ0) is 10.7. The Balaban J connectivity index is 3.42. The van der Waals surface area contributed by atoms with Crippen molar-refractivity contribution in [2.45, 2.75) is 13.0 Å². The van der Waals surface area contributed by atoms with Crippen LogP contribution in [0.15, 0.2) is 6.20 Å². The fourth-order valence-electron chi connectivity index (χ4n) is 1.01. The van der Waals surface area contributed by atoms with Gasteiger partial charge in [-0.05, 0) is 22.6 Å². The van der Waals surface area contributed by atoms with E-state index in [-0.39, 0.29) is 16.7 Å². The normalized spacial score (nSPS) is 10.3. The standard InChI is InChI=1S/C8H5F2IN2O/c9-7(10)5-2-13-8(11)4(1-12)6(5)3-14/h2,7,14H,3H2. The van der Waals surface area contributed by atoms with Crippen molar-refractivity contribution >= 4 is 22.6 Å². The first-order valence-corrected chi connectivity index (χ1v) is 4.66. The van der Waals surface area contributed by atoms with Gasteiger partial charge < -0.3 is 5.11 Å². The van der Waals surface area contributed by atoms with E-state index in [1.54, 1.807) is 28.7 Å². The second-order valence-electron chi connectivity index (χ2n) is 2.43. The number of hydrogen-bond donors (Lipinski definition) is 1. The molecule has 0 aromatic carbocycles. The largest absolute Gasteiger partial charge is 0.392 e. The lowest BCUT2D eigenvalue weighted by Gasteiger charge is -2.08. The number of rotatable bonds is 2. The van der Waals surface area contributed by atoms with Gasteiger partial charge in [-0.2, -0.15) is 5.26 Å². The summed E-state index contributed by atoms with van der Waals surface area (Å²) in [5.74, 6) is 0. The average Bonchev–Trinajstić information content (AvgIpc) is 2.16. The summed E-state index contributed by atoms with van der Waals surface area (Å²) < 4.78 is 25.1. The molecule has 0 atom stereocenters. The molecule has 0 bridgehead atoms. The molecule has 0 unspecified atom stereocenters. The minimum Gasteiger partial charge on any atom is -0.392 e. The topological polar surface area (TPSA) is 56.9 Å². The number of alkyl halides is 2.